The van der Waals surface area contributed by atoms with Crippen LogP contribution in [0.25, 0.3) is 10.9 Å². The molecule has 5 rings (SSSR count). The lowest BCUT2D eigenvalue weighted by Crippen LogP contribution is -2.49. The number of benzene rings is 2. The van der Waals surface area contributed by atoms with Gasteiger partial charge in [-0.05, 0) is 36.8 Å². The number of aromatic nitrogens is 1. The van der Waals surface area contributed by atoms with Gasteiger partial charge in [0.15, 0.2) is 0 Å². The fourth-order valence-corrected chi connectivity index (χ4v) is 5.60. The Morgan fingerprint density at radius 3 is 2.75 bits per heavy atom. The molecule has 2 aromatic carbocycles. The van der Waals surface area contributed by atoms with Gasteiger partial charge in [0.25, 0.3) is 5.91 Å². The number of anilines is 1. The molecule has 1 aromatic heterocycles. The van der Waals surface area contributed by atoms with Gasteiger partial charge in [-0.25, -0.2) is 4.98 Å². The summed E-state index contributed by atoms with van der Waals surface area (Å²) in [5, 5.41) is 10.1. The number of hydrogen-bond donors (Lipinski definition) is 0. The highest BCUT2D eigenvalue weighted by molar-refractivity contribution is 5.95. The first-order valence-corrected chi connectivity index (χ1v) is 11.7. The van der Waals surface area contributed by atoms with E-state index in [-0.39, 0.29) is 17.2 Å². The lowest BCUT2D eigenvalue weighted by Gasteiger charge is -2.44. The Morgan fingerprint density at radius 2 is 2.00 bits per heavy atom. The first-order valence-electron chi connectivity index (χ1n) is 11.7. The van der Waals surface area contributed by atoms with E-state index in [1.807, 2.05) is 35.2 Å². The lowest BCUT2D eigenvalue weighted by atomic mass is 9.73. The molecule has 1 amide bonds. The van der Waals surface area contributed by atoms with Crippen molar-refractivity contribution in [1.29, 1.82) is 5.26 Å². The molecule has 36 heavy (non-hydrogen) atoms. The fraction of sp³-hybridized carbons (Fsp3) is 0.370. The van der Waals surface area contributed by atoms with Crippen LogP contribution in [-0.4, -0.2) is 55.7 Å². The summed E-state index contributed by atoms with van der Waals surface area (Å²) in [6, 6.07) is 16.7. The predicted octanol–water partition coefficient (Wildman–Crippen LogP) is 4.74. The predicted molar refractivity (Wildman–Crippen MR) is 128 cm³/mol. The van der Waals surface area contributed by atoms with Crippen molar-refractivity contribution in [1.82, 2.24) is 9.88 Å². The van der Waals surface area contributed by atoms with Crippen molar-refractivity contribution in [2.75, 3.05) is 44.8 Å². The minimum atomic E-state index is -4.61. The van der Waals surface area contributed by atoms with Gasteiger partial charge in [-0.3, -0.25) is 4.79 Å². The first-order chi connectivity index (χ1) is 17.2. The molecular weight excluding hydrogens is 469 g/mol. The van der Waals surface area contributed by atoms with Crippen LogP contribution >= 0.6 is 0 Å². The summed E-state index contributed by atoms with van der Waals surface area (Å²) < 4.78 is 46.1. The summed E-state index contributed by atoms with van der Waals surface area (Å²) in [7, 11) is 1.63. The number of methoxy groups -OCH3 is 1. The van der Waals surface area contributed by atoms with Gasteiger partial charge in [0, 0.05) is 55.7 Å². The molecule has 0 aliphatic carbocycles. The minimum absolute atomic E-state index is 0.0144. The molecule has 186 valence electrons. The maximum atomic E-state index is 13.5. The molecule has 3 heterocycles. The molecule has 6 nitrogen and oxygen atoms in total. The van der Waals surface area contributed by atoms with Crippen LogP contribution in [-0.2, 0) is 10.9 Å². The van der Waals surface area contributed by atoms with Crippen LogP contribution < -0.4 is 4.90 Å². The van der Waals surface area contributed by atoms with Crippen molar-refractivity contribution >= 4 is 22.5 Å². The van der Waals surface area contributed by atoms with E-state index in [2.05, 4.69) is 4.98 Å². The number of rotatable bonds is 4. The molecule has 0 unspecified atom stereocenters. The Balaban J connectivity index is 1.40. The molecular formula is C27H25F3N4O2. The number of alkyl halides is 3. The molecule has 0 spiro atoms. The average Bonchev–Trinajstić information content (AvgIpc) is 3.25. The Morgan fingerprint density at radius 1 is 1.19 bits per heavy atom. The molecule has 2 saturated heterocycles. The highest BCUT2D eigenvalue weighted by atomic mass is 19.4. The number of carbonyl (C=O) groups excluding carboxylic acids is 1. The number of nitrogens with zero attached hydrogens (tertiary/aromatic N) is 4. The zero-order valence-electron chi connectivity index (χ0n) is 19.8. The Kier molecular flexibility index (Phi) is 6.08. The number of nitriles is 1. The number of fused-ring (bicyclic) bond motifs is 2. The summed E-state index contributed by atoms with van der Waals surface area (Å²) in [5.41, 5.74) is -0.0534. The SMILES string of the molecule is COC[C@@]12CCN(c3ccc(C#N)c(C(F)(F)F)c3)C[C@@H]1CN(C(=O)c1ccc3ccccc3n1)C2. The molecule has 0 saturated carbocycles. The third-order valence-corrected chi connectivity index (χ3v) is 7.46. The lowest BCUT2D eigenvalue weighted by molar-refractivity contribution is -0.137. The Hall–Kier alpha value is -3.64. The largest absolute Gasteiger partial charge is 0.417 e. The van der Waals surface area contributed by atoms with E-state index < -0.39 is 17.3 Å². The maximum absolute atomic E-state index is 13.5. The van der Waals surface area contributed by atoms with E-state index in [9.17, 15) is 18.0 Å². The van der Waals surface area contributed by atoms with E-state index in [0.717, 1.165) is 17.0 Å². The quantitative estimate of drug-likeness (QED) is 0.524. The molecule has 0 N–H and O–H groups in total. The topological polar surface area (TPSA) is 69.5 Å². The van der Waals surface area contributed by atoms with Crippen molar-refractivity contribution in [2.24, 2.45) is 11.3 Å². The molecule has 2 aliphatic rings. The highest BCUT2D eigenvalue weighted by Crippen LogP contribution is 2.45. The monoisotopic (exact) mass is 494 g/mol. The summed E-state index contributed by atoms with van der Waals surface area (Å²) >= 11 is 0. The number of amides is 1. The van der Waals surface area contributed by atoms with E-state index in [0.29, 0.717) is 50.6 Å². The Bertz CT molecular complexity index is 1350. The second kappa shape index (κ2) is 9.10. The zero-order chi connectivity index (χ0) is 25.5. The van der Waals surface area contributed by atoms with Crippen LogP contribution in [0.4, 0.5) is 18.9 Å². The van der Waals surface area contributed by atoms with Gasteiger partial charge in [-0.1, -0.05) is 24.3 Å². The van der Waals surface area contributed by atoms with Crippen LogP contribution in [0.3, 0.4) is 0 Å². The van der Waals surface area contributed by atoms with E-state index in [1.54, 1.807) is 30.2 Å². The van der Waals surface area contributed by atoms with Gasteiger partial charge in [-0.2, -0.15) is 18.4 Å². The van der Waals surface area contributed by atoms with Crippen molar-refractivity contribution in [3.8, 4) is 6.07 Å². The van der Waals surface area contributed by atoms with Crippen LogP contribution in [0.5, 0.6) is 0 Å². The van der Waals surface area contributed by atoms with Crippen LogP contribution in [0.1, 0.15) is 28.0 Å². The van der Waals surface area contributed by atoms with Gasteiger partial charge in [0.1, 0.15) is 5.69 Å². The number of likely N-dealkylation sites (tertiary alicyclic amines) is 1. The molecule has 2 aliphatic heterocycles. The van der Waals surface area contributed by atoms with E-state index >= 15 is 0 Å². The third kappa shape index (κ3) is 4.26. The van der Waals surface area contributed by atoms with Gasteiger partial charge in [-0.15, -0.1) is 0 Å². The van der Waals surface area contributed by atoms with Crippen LogP contribution in [0, 0.1) is 22.7 Å². The smallest absolute Gasteiger partial charge is 0.384 e. The van der Waals surface area contributed by atoms with Gasteiger partial charge in [0.05, 0.1) is 29.3 Å². The highest BCUT2D eigenvalue weighted by Gasteiger charge is 2.51. The number of carbonyl (C=O) groups is 1. The summed E-state index contributed by atoms with van der Waals surface area (Å²) in [6.45, 7) is 2.45. The van der Waals surface area contributed by atoms with Crippen molar-refractivity contribution in [3.63, 3.8) is 0 Å². The van der Waals surface area contributed by atoms with Gasteiger partial charge < -0.3 is 14.5 Å². The molecule has 2 fully saturated rings. The zero-order valence-corrected chi connectivity index (χ0v) is 19.8. The number of halogens is 3. The normalized spacial score (nSPS) is 21.9. The molecule has 9 heteroatoms. The molecule has 0 radical (unpaired) electrons. The molecule has 2 atom stereocenters. The fourth-order valence-electron chi connectivity index (χ4n) is 5.60. The van der Waals surface area contributed by atoms with Crippen LogP contribution in [0.2, 0.25) is 0 Å². The van der Waals surface area contributed by atoms with E-state index in [1.165, 1.54) is 6.07 Å². The van der Waals surface area contributed by atoms with Gasteiger partial charge in [0.2, 0.25) is 0 Å². The molecule has 0 bridgehead atoms. The maximum Gasteiger partial charge on any atom is 0.417 e. The number of ether oxygens (including phenoxy) is 1. The second-order valence-electron chi connectivity index (χ2n) is 9.60. The Labute approximate surface area is 206 Å². The second-order valence-corrected chi connectivity index (χ2v) is 9.60. The summed E-state index contributed by atoms with van der Waals surface area (Å²) in [4.78, 5) is 21.7. The third-order valence-electron chi connectivity index (χ3n) is 7.46. The number of piperidine rings is 1. The van der Waals surface area contributed by atoms with Crippen LogP contribution in [0.15, 0.2) is 54.6 Å². The standard InChI is InChI=1S/C27H25F3N4O2/c1-36-17-26-10-11-33(21-8-6-19(13-31)22(12-21)27(28,29)30)14-20(26)15-34(16-26)25(35)24-9-7-18-4-2-3-5-23(18)32-24/h2-9,12,20H,10-11,14-17H2,1H3/t20-,26+/m1/s1. The van der Waals surface area contributed by atoms with E-state index in [4.69, 9.17) is 10.00 Å². The number of para-hydroxylation sites is 1. The average molecular weight is 495 g/mol. The number of pyridine rings is 1. The minimum Gasteiger partial charge on any atom is -0.384 e. The summed E-state index contributed by atoms with van der Waals surface area (Å²) in [6.07, 6.45) is -3.94. The summed E-state index contributed by atoms with van der Waals surface area (Å²) in [5.74, 6) is -0.143. The first kappa shape index (κ1) is 24.1. The molecule has 3 aromatic rings. The van der Waals surface area contributed by atoms with Crippen molar-refractivity contribution in [3.05, 3.63) is 71.4 Å². The van der Waals surface area contributed by atoms with Gasteiger partial charge >= 0.3 is 6.18 Å². The van der Waals surface area contributed by atoms with Crippen molar-refractivity contribution in [2.45, 2.75) is 12.6 Å². The van der Waals surface area contributed by atoms with Crippen molar-refractivity contribution < 1.29 is 22.7 Å². The number of hydrogen-bond acceptors (Lipinski definition) is 5.